The maximum absolute atomic E-state index is 10.8. The minimum atomic E-state index is 0.219. The Labute approximate surface area is 123 Å². The number of hydrogen-bond acceptors (Lipinski definition) is 2. The fourth-order valence-corrected chi connectivity index (χ4v) is 2.25. The number of aldehydes is 1. The summed E-state index contributed by atoms with van der Waals surface area (Å²) in [4.78, 5) is 14.9. The van der Waals surface area contributed by atoms with Gasteiger partial charge in [-0.15, -0.1) is 0 Å². The van der Waals surface area contributed by atoms with Crippen molar-refractivity contribution in [3.63, 3.8) is 0 Å². The van der Waals surface area contributed by atoms with E-state index in [1.54, 1.807) is 18.2 Å². The van der Waals surface area contributed by atoms with E-state index in [0.717, 1.165) is 0 Å². The molecule has 0 amide bonds. The minimum absolute atomic E-state index is 0.219. The summed E-state index contributed by atoms with van der Waals surface area (Å²) in [6.45, 7) is 0. The first-order valence-electron chi connectivity index (χ1n) is 4.79. The number of nitrogens with zero attached hydrogens (tertiary/aromatic N) is 1. The maximum Gasteiger partial charge on any atom is 0.150 e. The van der Waals surface area contributed by atoms with Gasteiger partial charge in [0.1, 0.15) is 11.4 Å². The molecule has 0 saturated carbocycles. The highest BCUT2D eigenvalue weighted by atomic mass is 35.5. The second-order valence-electron chi connectivity index (χ2n) is 3.48. The van der Waals surface area contributed by atoms with Crippen LogP contribution in [0.4, 0.5) is 0 Å². The molecule has 6 heteroatoms. The van der Waals surface area contributed by atoms with Gasteiger partial charge in [-0.2, -0.15) is 0 Å². The second kappa shape index (κ2) is 5.45. The molecule has 0 atom stereocenters. The normalized spacial score (nSPS) is 10.4. The standard InChI is InChI=1S/C12H5Cl4NO/c13-8-3-7(4-9(14)12(8)16)10-1-6(5-18)2-11(15)17-10/h1-5H. The van der Waals surface area contributed by atoms with Crippen LogP contribution >= 0.6 is 46.4 Å². The van der Waals surface area contributed by atoms with Crippen LogP contribution in [0, 0.1) is 0 Å². The molecule has 0 unspecified atom stereocenters. The van der Waals surface area contributed by atoms with Gasteiger partial charge in [-0.1, -0.05) is 46.4 Å². The number of hydrogen-bond donors (Lipinski definition) is 0. The molecule has 92 valence electrons. The Morgan fingerprint density at radius 3 is 2.11 bits per heavy atom. The minimum Gasteiger partial charge on any atom is -0.298 e. The zero-order chi connectivity index (χ0) is 13.3. The van der Waals surface area contributed by atoms with Crippen LogP contribution in [-0.2, 0) is 0 Å². The van der Waals surface area contributed by atoms with Crippen molar-refractivity contribution in [3.05, 3.63) is 50.0 Å². The molecule has 2 nitrogen and oxygen atoms in total. The van der Waals surface area contributed by atoms with Crippen LogP contribution in [0.15, 0.2) is 24.3 Å². The molecule has 0 fully saturated rings. The lowest BCUT2D eigenvalue weighted by molar-refractivity contribution is 0.112. The highest BCUT2D eigenvalue weighted by Crippen LogP contribution is 2.34. The molecule has 2 aromatic rings. The van der Waals surface area contributed by atoms with Crippen molar-refractivity contribution < 1.29 is 4.79 Å². The van der Waals surface area contributed by atoms with E-state index in [4.69, 9.17) is 46.4 Å². The number of benzene rings is 1. The van der Waals surface area contributed by atoms with Gasteiger partial charge in [0.15, 0.2) is 0 Å². The summed E-state index contributed by atoms with van der Waals surface area (Å²) in [7, 11) is 0. The second-order valence-corrected chi connectivity index (χ2v) is 5.06. The van der Waals surface area contributed by atoms with E-state index in [1.807, 2.05) is 0 Å². The first kappa shape index (κ1) is 13.6. The summed E-state index contributed by atoms with van der Waals surface area (Å²) in [5, 5.41) is 1.12. The molecule has 0 aliphatic rings. The van der Waals surface area contributed by atoms with Gasteiger partial charge < -0.3 is 0 Å². The van der Waals surface area contributed by atoms with Crippen molar-refractivity contribution in [3.8, 4) is 11.3 Å². The predicted molar refractivity (Wildman–Crippen MR) is 75.1 cm³/mol. The Morgan fingerprint density at radius 1 is 0.944 bits per heavy atom. The zero-order valence-corrected chi connectivity index (χ0v) is 11.8. The van der Waals surface area contributed by atoms with Crippen molar-refractivity contribution >= 4 is 52.7 Å². The fourth-order valence-electron chi connectivity index (χ4n) is 1.44. The molecule has 2 rings (SSSR count). The Bertz CT molecular complexity index is 604. The Kier molecular flexibility index (Phi) is 4.13. The molecule has 0 saturated heterocycles. The van der Waals surface area contributed by atoms with Crippen LogP contribution in [0.1, 0.15) is 10.4 Å². The number of halogens is 4. The molecule has 1 heterocycles. The molecule has 18 heavy (non-hydrogen) atoms. The number of pyridine rings is 1. The van der Waals surface area contributed by atoms with E-state index in [-0.39, 0.29) is 10.2 Å². The Hall–Kier alpha value is -0.800. The molecule has 0 bridgehead atoms. The van der Waals surface area contributed by atoms with Gasteiger partial charge in [0, 0.05) is 11.1 Å². The van der Waals surface area contributed by atoms with Gasteiger partial charge >= 0.3 is 0 Å². The molecule has 0 radical (unpaired) electrons. The number of aromatic nitrogens is 1. The van der Waals surface area contributed by atoms with Crippen molar-refractivity contribution in [1.82, 2.24) is 4.98 Å². The smallest absolute Gasteiger partial charge is 0.150 e. The van der Waals surface area contributed by atoms with Gasteiger partial charge in [0.2, 0.25) is 0 Å². The molecular weight excluding hydrogens is 316 g/mol. The summed E-state index contributed by atoms with van der Waals surface area (Å²) in [5.74, 6) is 0. The number of carbonyl (C=O) groups is 1. The van der Waals surface area contributed by atoms with E-state index < -0.39 is 0 Å². The van der Waals surface area contributed by atoms with Crippen LogP contribution in [0.25, 0.3) is 11.3 Å². The van der Waals surface area contributed by atoms with Gasteiger partial charge in [0.25, 0.3) is 0 Å². The molecule has 1 aromatic heterocycles. The fraction of sp³-hybridized carbons (Fsp3) is 0. The zero-order valence-electron chi connectivity index (χ0n) is 8.75. The molecule has 0 N–H and O–H groups in total. The topological polar surface area (TPSA) is 30.0 Å². The van der Waals surface area contributed by atoms with E-state index in [0.29, 0.717) is 33.2 Å². The van der Waals surface area contributed by atoms with E-state index in [1.165, 1.54) is 6.07 Å². The first-order chi connectivity index (χ1) is 8.51. The van der Waals surface area contributed by atoms with Crippen molar-refractivity contribution in [2.45, 2.75) is 0 Å². The molecular formula is C12H5Cl4NO. The Morgan fingerprint density at radius 2 is 1.56 bits per heavy atom. The molecule has 0 aliphatic carbocycles. The summed E-state index contributed by atoms with van der Waals surface area (Å²) in [6.07, 6.45) is 0.691. The highest BCUT2D eigenvalue weighted by molar-refractivity contribution is 6.48. The average Bonchev–Trinajstić information content (AvgIpc) is 2.34. The van der Waals surface area contributed by atoms with Crippen LogP contribution in [-0.4, -0.2) is 11.3 Å². The number of carbonyl (C=O) groups excluding carboxylic acids is 1. The summed E-state index contributed by atoms with van der Waals surface area (Å²) >= 11 is 23.6. The van der Waals surface area contributed by atoms with Crippen LogP contribution < -0.4 is 0 Å². The Balaban J connectivity index is 2.61. The maximum atomic E-state index is 10.8. The van der Waals surface area contributed by atoms with Gasteiger partial charge in [-0.05, 0) is 24.3 Å². The first-order valence-corrected chi connectivity index (χ1v) is 6.30. The summed E-state index contributed by atoms with van der Waals surface area (Å²) in [5.41, 5.74) is 1.57. The third kappa shape index (κ3) is 2.78. The van der Waals surface area contributed by atoms with Crippen LogP contribution in [0.3, 0.4) is 0 Å². The summed E-state index contributed by atoms with van der Waals surface area (Å²) < 4.78 is 0. The predicted octanol–water partition coefficient (Wildman–Crippen LogP) is 5.17. The average molecular weight is 321 g/mol. The number of rotatable bonds is 2. The molecule has 1 aromatic carbocycles. The summed E-state index contributed by atoms with van der Waals surface area (Å²) in [6, 6.07) is 6.29. The monoisotopic (exact) mass is 319 g/mol. The van der Waals surface area contributed by atoms with E-state index in [2.05, 4.69) is 4.98 Å². The van der Waals surface area contributed by atoms with Crippen LogP contribution in [0.2, 0.25) is 20.2 Å². The lowest BCUT2D eigenvalue weighted by atomic mass is 10.1. The van der Waals surface area contributed by atoms with Crippen molar-refractivity contribution in [2.75, 3.05) is 0 Å². The van der Waals surface area contributed by atoms with Gasteiger partial charge in [-0.3, -0.25) is 4.79 Å². The highest BCUT2D eigenvalue weighted by Gasteiger charge is 2.10. The quantitative estimate of drug-likeness (QED) is 0.434. The van der Waals surface area contributed by atoms with Crippen molar-refractivity contribution in [1.29, 1.82) is 0 Å². The largest absolute Gasteiger partial charge is 0.298 e. The molecule has 0 aliphatic heterocycles. The third-order valence-corrected chi connectivity index (χ3v) is 3.62. The third-order valence-electron chi connectivity index (χ3n) is 2.23. The van der Waals surface area contributed by atoms with Crippen LogP contribution in [0.5, 0.6) is 0 Å². The van der Waals surface area contributed by atoms with Crippen molar-refractivity contribution in [2.24, 2.45) is 0 Å². The van der Waals surface area contributed by atoms with Gasteiger partial charge in [-0.25, -0.2) is 4.98 Å². The molecule has 0 spiro atoms. The van der Waals surface area contributed by atoms with E-state index >= 15 is 0 Å². The lowest BCUT2D eigenvalue weighted by Crippen LogP contribution is -1.89. The van der Waals surface area contributed by atoms with Gasteiger partial charge in [0.05, 0.1) is 20.8 Å². The lowest BCUT2D eigenvalue weighted by Gasteiger charge is -2.06. The SMILES string of the molecule is O=Cc1cc(Cl)nc(-c2cc(Cl)c(Cl)c(Cl)c2)c1. The van der Waals surface area contributed by atoms with E-state index in [9.17, 15) is 4.79 Å².